The Morgan fingerprint density at radius 3 is 2.19 bits per heavy atom. The van der Waals surface area contributed by atoms with E-state index in [2.05, 4.69) is 0 Å². The van der Waals surface area contributed by atoms with Gasteiger partial charge in [0.25, 0.3) is 5.91 Å². The standard InChI is InChI=1S/C15H14F6N2O3/c1-7(2)23-10-5-4-8(26-3)6-9(10)13(12(23)25,15(19,20)21)22-11(24)14(16,17)18/h4-7H,1-3H3,(H,22,24). The number of amides is 2. The number of carbonyl (C=O) groups is 2. The quantitative estimate of drug-likeness (QED) is 0.816. The molecule has 2 rings (SSSR count). The van der Waals surface area contributed by atoms with Crippen LogP contribution in [0.2, 0.25) is 0 Å². The lowest BCUT2D eigenvalue weighted by molar-refractivity contribution is -0.211. The molecule has 5 nitrogen and oxygen atoms in total. The number of methoxy groups -OCH3 is 1. The predicted octanol–water partition coefficient (Wildman–Crippen LogP) is 2.89. The minimum Gasteiger partial charge on any atom is -0.497 e. The summed E-state index contributed by atoms with van der Waals surface area (Å²) in [6.45, 7) is 2.79. The number of fused-ring (bicyclic) bond motifs is 1. The van der Waals surface area contributed by atoms with E-state index in [1.165, 1.54) is 19.9 Å². The molecule has 0 saturated carbocycles. The maximum Gasteiger partial charge on any atom is 0.471 e. The summed E-state index contributed by atoms with van der Waals surface area (Å²) in [5, 5.41) is 0.879. The van der Waals surface area contributed by atoms with Crippen LogP contribution in [-0.4, -0.2) is 37.3 Å². The number of hydrogen-bond acceptors (Lipinski definition) is 3. The molecule has 1 aromatic carbocycles. The Bertz CT molecular complexity index is 744. The zero-order valence-corrected chi connectivity index (χ0v) is 13.7. The second-order valence-corrected chi connectivity index (χ2v) is 5.85. The lowest BCUT2D eigenvalue weighted by atomic mass is 9.90. The van der Waals surface area contributed by atoms with Gasteiger partial charge in [0.1, 0.15) is 5.75 Å². The van der Waals surface area contributed by atoms with Crippen LogP contribution < -0.4 is 15.0 Å². The monoisotopic (exact) mass is 384 g/mol. The maximum absolute atomic E-state index is 13.9. The third-order valence-corrected chi connectivity index (χ3v) is 3.91. The first-order valence-corrected chi connectivity index (χ1v) is 7.25. The van der Waals surface area contributed by atoms with Gasteiger partial charge in [0.2, 0.25) is 5.54 Å². The fraction of sp³-hybridized carbons (Fsp3) is 0.467. The second kappa shape index (κ2) is 6.06. The summed E-state index contributed by atoms with van der Waals surface area (Å²) < 4.78 is 84.4. The van der Waals surface area contributed by atoms with Gasteiger partial charge in [0.15, 0.2) is 0 Å². The van der Waals surface area contributed by atoms with Gasteiger partial charge in [0.05, 0.1) is 12.8 Å². The van der Waals surface area contributed by atoms with Gasteiger partial charge in [-0.3, -0.25) is 9.59 Å². The minimum atomic E-state index is -5.61. The summed E-state index contributed by atoms with van der Waals surface area (Å²) in [6.07, 6.45) is -11.1. The van der Waals surface area contributed by atoms with E-state index in [1.807, 2.05) is 0 Å². The van der Waals surface area contributed by atoms with Gasteiger partial charge in [-0.05, 0) is 32.0 Å². The summed E-state index contributed by atoms with van der Waals surface area (Å²) in [7, 11) is 1.14. The van der Waals surface area contributed by atoms with Crippen molar-refractivity contribution in [2.24, 2.45) is 0 Å². The third-order valence-electron chi connectivity index (χ3n) is 3.91. The van der Waals surface area contributed by atoms with Crippen molar-refractivity contribution < 1.29 is 40.7 Å². The summed E-state index contributed by atoms with van der Waals surface area (Å²) in [5.74, 6) is -4.71. The summed E-state index contributed by atoms with van der Waals surface area (Å²) in [4.78, 5) is 24.6. The molecule has 0 aliphatic carbocycles. The number of benzene rings is 1. The fourth-order valence-electron chi connectivity index (χ4n) is 2.78. The molecule has 26 heavy (non-hydrogen) atoms. The number of halogens is 6. The molecule has 0 radical (unpaired) electrons. The molecule has 0 fully saturated rings. The van der Waals surface area contributed by atoms with Crippen LogP contribution in [0, 0.1) is 0 Å². The molecule has 1 aromatic rings. The van der Waals surface area contributed by atoms with Crippen LogP contribution in [0.3, 0.4) is 0 Å². The molecule has 2 amide bonds. The highest BCUT2D eigenvalue weighted by Gasteiger charge is 2.70. The van der Waals surface area contributed by atoms with Gasteiger partial charge in [-0.15, -0.1) is 0 Å². The maximum atomic E-state index is 13.9. The van der Waals surface area contributed by atoms with Crippen molar-refractivity contribution in [1.29, 1.82) is 0 Å². The normalized spacial score (nSPS) is 20.4. The molecule has 11 heteroatoms. The van der Waals surface area contributed by atoms with Crippen LogP contribution in [0.25, 0.3) is 0 Å². The number of anilines is 1. The molecular formula is C15H14F6N2O3. The molecule has 1 aliphatic rings. The van der Waals surface area contributed by atoms with Crippen LogP contribution in [0.5, 0.6) is 5.75 Å². The van der Waals surface area contributed by atoms with E-state index in [-0.39, 0.29) is 11.4 Å². The molecule has 1 unspecified atom stereocenters. The van der Waals surface area contributed by atoms with Crippen molar-refractivity contribution in [3.63, 3.8) is 0 Å². The molecule has 0 bridgehead atoms. The largest absolute Gasteiger partial charge is 0.497 e. The van der Waals surface area contributed by atoms with E-state index in [0.29, 0.717) is 4.90 Å². The first-order valence-electron chi connectivity index (χ1n) is 7.25. The van der Waals surface area contributed by atoms with Gasteiger partial charge >= 0.3 is 18.3 Å². The molecule has 1 atom stereocenters. The number of nitrogens with one attached hydrogen (secondary N) is 1. The summed E-state index contributed by atoms with van der Waals surface area (Å²) in [5.41, 5.74) is -4.96. The van der Waals surface area contributed by atoms with Gasteiger partial charge in [-0.2, -0.15) is 26.3 Å². The highest BCUT2D eigenvalue weighted by atomic mass is 19.4. The van der Waals surface area contributed by atoms with Crippen molar-refractivity contribution in [2.45, 2.75) is 37.8 Å². The van der Waals surface area contributed by atoms with Crippen molar-refractivity contribution in [3.05, 3.63) is 23.8 Å². The van der Waals surface area contributed by atoms with Crippen LogP contribution in [0.1, 0.15) is 19.4 Å². The zero-order valence-electron chi connectivity index (χ0n) is 13.7. The topological polar surface area (TPSA) is 58.6 Å². The lowest BCUT2D eigenvalue weighted by Crippen LogP contribution is -2.64. The highest BCUT2D eigenvalue weighted by Crippen LogP contribution is 2.51. The number of nitrogens with zero attached hydrogens (tertiary/aromatic N) is 1. The molecule has 0 saturated heterocycles. The van der Waals surface area contributed by atoms with E-state index < -0.39 is 41.3 Å². The van der Waals surface area contributed by atoms with Gasteiger partial charge in [0, 0.05) is 11.6 Å². The predicted molar refractivity (Wildman–Crippen MR) is 77.5 cm³/mol. The van der Waals surface area contributed by atoms with E-state index in [9.17, 15) is 35.9 Å². The number of alkyl halides is 6. The molecular weight excluding hydrogens is 370 g/mol. The molecule has 1 heterocycles. The zero-order chi connectivity index (χ0) is 20.1. The Hall–Kier alpha value is -2.46. The first kappa shape index (κ1) is 19.9. The van der Waals surface area contributed by atoms with Gasteiger partial charge in [-0.1, -0.05) is 0 Å². The van der Waals surface area contributed by atoms with Gasteiger partial charge in [-0.25, -0.2) is 0 Å². The van der Waals surface area contributed by atoms with Crippen molar-refractivity contribution in [1.82, 2.24) is 5.32 Å². The fourth-order valence-corrected chi connectivity index (χ4v) is 2.78. The number of ether oxygens (including phenoxy) is 1. The average Bonchev–Trinajstić information content (AvgIpc) is 2.75. The van der Waals surface area contributed by atoms with Crippen LogP contribution in [0.15, 0.2) is 18.2 Å². The average molecular weight is 384 g/mol. The molecule has 1 N–H and O–H groups in total. The number of carbonyl (C=O) groups excluding carboxylic acids is 2. The molecule has 0 spiro atoms. The van der Waals surface area contributed by atoms with E-state index in [4.69, 9.17) is 4.74 Å². The van der Waals surface area contributed by atoms with Crippen molar-refractivity contribution in [2.75, 3.05) is 12.0 Å². The Balaban J connectivity index is 2.79. The van der Waals surface area contributed by atoms with E-state index >= 15 is 0 Å². The van der Waals surface area contributed by atoms with Crippen LogP contribution in [-0.2, 0) is 15.1 Å². The van der Waals surface area contributed by atoms with Crippen LogP contribution >= 0.6 is 0 Å². The van der Waals surface area contributed by atoms with Gasteiger partial charge < -0.3 is 15.0 Å². The van der Waals surface area contributed by atoms with Crippen LogP contribution in [0.4, 0.5) is 32.0 Å². The highest BCUT2D eigenvalue weighted by molar-refractivity contribution is 6.11. The Morgan fingerprint density at radius 1 is 1.19 bits per heavy atom. The smallest absolute Gasteiger partial charge is 0.471 e. The lowest BCUT2D eigenvalue weighted by Gasteiger charge is -2.32. The molecule has 144 valence electrons. The van der Waals surface area contributed by atoms with E-state index in [1.54, 1.807) is 0 Å². The number of hydrogen-bond donors (Lipinski definition) is 1. The Kier molecular flexibility index (Phi) is 4.63. The molecule has 1 aliphatic heterocycles. The minimum absolute atomic E-state index is 0.114. The first-order chi connectivity index (χ1) is 11.8. The van der Waals surface area contributed by atoms with Crippen molar-refractivity contribution in [3.8, 4) is 5.75 Å². The Labute approximate surface area is 143 Å². The van der Waals surface area contributed by atoms with E-state index in [0.717, 1.165) is 24.6 Å². The molecule has 0 aromatic heterocycles. The van der Waals surface area contributed by atoms with Crippen molar-refractivity contribution >= 4 is 17.5 Å². The number of rotatable bonds is 3. The third kappa shape index (κ3) is 2.84. The summed E-state index contributed by atoms with van der Waals surface area (Å²) >= 11 is 0. The second-order valence-electron chi connectivity index (χ2n) is 5.85. The SMILES string of the molecule is COc1ccc2c(c1)C(NC(=O)C(F)(F)F)(C(F)(F)F)C(=O)N2C(C)C. The Morgan fingerprint density at radius 2 is 1.77 bits per heavy atom. The summed E-state index contributed by atoms with van der Waals surface area (Å²) in [6, 6.07) is 2.38.